The number of benzene rings is 1. The predicted octanol–water partition coefficient (Wildman–Crippen LogP) is 1.67. The molecule has 0 spiro atoms. The maximum absolute atomic E-state index is 12.3. The molecule has 0 amide bonds. The van der Waals surface area contributed by atoms with Gasteiger partial charge in [-0.25, -0.2) is 8.42 Å². The maximum atomic E-state index is 12.3. The van der Waals surface area contributed by atoms with Crippen LogP contribution >= 0.6 is 0 Å². The molecule has 0 atom stereocenters. The molecular weight excluding hydrogens is 260 g/mol. The van der Waals surface area contributed by atoms with Crippen molar-refractivity contribution in [2.24, 2.45) is 0 Å². The zero-order chi connectivity index (χ0) is 13.3. The van der Waals surface area contributed by atoms with E-state index in [1.807, 2.05) is 12.1 Å². The lowest BCUT2D eigenvalue weighted by Gasteiger charge is -2.23. The van der Waals surface area contributed by atoms with Gasteiger partial charge in [-0.3, -0.25) is 4.72 Å². The molecule has 1 aromatic carbocycles. The van der Waals surface area contributed by atoms with E-state index in [9.17, 15) is 8.42 Å². The number of hydrogen-bond donors (Lipinski definition) is 2. The zero-order valence-electron chi connectivity index (χ0n) is 11.0. The Bertz CT molecular complexity index is 563. The molecular formula is C14H20N2O2S. The Morgan fingerprint density at radius 1 is 1.11 bits per heavy atom. The van der Waals surface area contributed by atoms with E-state index in [2.05, 4.69) is 16.1 Å². The number of piperidine rings is 1. The van der Waals surface area contributed by atoms with E-state index in [1.54, 1.807) is 0 Å². The minimum atomic E-state index is -3.24. The molecule has 19 heavy (non-hydrogen) atoms. The summed E-state index contributed by atoms with van der Waals surface area (Å²) in [5.41, 5.74) is 3.38. The van der Waals surface area contributed by atoms with Gasteiger partial charge in [-0.05, 0) is 68.5 Å². The first-order chi connectivity index (χ1) is 9.15. The van der Waals surface area contributed by atoms with E-state index in [0.717, 1.165) is 31.6 Å². The molecule has 4 nitrogen and oxygen atoms in total. The van der Waals surface area contributed by atoms with Gasteiger partial charge in [-0.15, -0.1) is 0 Å². The monoisotopic (exact) mass is 280 g/mol. The molecule has 0 aromatic heterocycles. The van der Waals surface area contributed by atoms with Crippen LogP contribution in [-0.2, 0) is 22.9 Å². The molecule has 0 unspecified atom stereocenters. The second-order valence-electron chi connectivity index (χ2n) is 5.43. The fourth-order valence-corrected chi connectivity index (χ4v) is 4.47. The lowest BCUT2D eigenvalue weighted by Crippen LogP contribution is -2.38. The van der Waals surface area contributed by atoms with Crippen LogP contribution in [0.3, 0.4) is 0 Å². The number of hydrogen-bond acceptors (Lipinski definition) is 3. The molecule has 1 saturated heterocycles. The van der Waals surface area contributed by atoms with Crippen molar-refractivity contribution < 1.29 is 8.42 Å². The van der Waals surface area contributed by atoms with Gasteiger partial charge in [0.1, 0.15) is 0 Å². The van der Waals surface area contributed by atoms with Gasteiger partial charge in [0, 0.05) is 5.69 Å². The van der Waals surface area contributed by atoms with Gasteiger partial charge >= 0.3 is 0 Å². The fraction of sp³-hybridized carbons (Fsp3) is 0.571. The van der Waals surface area contributed by atoms with Crippen LogP contribution < -0.4 is 10.0 Å². The quantitative estimate of drug-likeness (QED) is 0.885. The standard InChI is InChI=1S/C14H20N2O2S/c17-19(18,14-6-8-15-9-7-14)16-13-5-4-11-2-1-3-12(11)10-13/h4-5,10,14-16H,1-3,6-9H2. The van der Waals surface area contributed by atoms with Crippen LogP contribution in [0.15, 0.2) is 18.2 Å². The summed E-state index contributed by atoms with van der Waals surface area (Å²) >= 11 is 0. The molecule has 0 bridgehead atoms. The van der Waals surface area contributed by atoms with Crippen LogP contribution in [0, 0.1) is 0 Å². The van der Waals surface area contributed by atoms with Crippen LogP contribution in [0.1, 0.15) is 30.4 Å². The number of fused-ring (bicyclic) bond motifs is 1. The van der Waals surface area contributed by atoms with Crippen LogP contribution in [0.25, 0.3) is 0 Å². The highest BCUT2D eigenvalue weighted by Gasteiger charge is 2.27. The Morgan fingerprint density at radius 2 is 1.84 bits per heavy atom. The van der Waals surface area contributed by atoms with Crippen LogP contribution in [-0.4, -0.2) is 26.8 Å². The molecule has 1 heterocycles. The Labute approximate surface area is 114 Å². The summed E-state index contributed by atoms with van der Waals surface area (Å²) in [7, 11) is -3.24. The van der Waals surface area contributed by atoms with E-state index >= 15 is 0 Å². The molecule has 2 N–H and O–H groups in total. The Hall–Kier alpha value is -1.07. The highest BCUT2D eigenvalue weighted by molar-refractivity contribution is 7.93. The third-order valence-corrected chi connectivity index (χ3v) is 5.95. The van der Waals surface area contributed by atoms with E-state index in [4.69, 9.17) is 0 Å². The summed E-state index contributed by atoms with van der Waals surface area (Å²) in [4.78, 5) is 0. The molecule has 1 fully saturated rings. The van der Waals surface area contributed by atoms with Crippen molar-refractivity contribution in [3.05, 3.63) is 29.3 Å². The van der Waals surface area contributed by atoms with Crippen LogP contribution in [0.4, 0.5) is 5.69 Å². The van der Waals surface area contributed by atoms with Crippen molar-refractivity contribution in [1.29, 1.82) is 0 Å². The number of nitrogens with one attached hydrogen (secondary N) is 2. The van der Waals surface area contributed by atoms with Crippen molar-refractivity contribution in [2.75, 3.05) is 17.8 Å². The normalized spacial score (nSPS) is 20.2. The van der Waals surface area contributed by atoms with Gasteiger partial charge in [0.15, 0.2) is 0 Å². The summed E-state index contributed by atoms with van der Waals surface area (Å²) < 4.78 is 27.4. The zero-order valence-corrected chi connectivity index (χ0v) is 11.8. The van der Waals surface area contributed by atoms with Gasteiger partial charge in [0.25, 0.3) is 0 Å². The van der Waals surface area contributed by atoms with E-state index in [1.165, 1.54) is 17.5 Å². The van der Waals surface area contributed by atoms with E-state index < -0.39 is 10.0 Å². The lowest BCUT2D eigenvalue weighted by molar-refractivity contribution is 0.499. The average molecular weight is 280 g/mol. The summed E-state index contributed by atoms with van der Waals surface area (Å²) in [6, 6.07) is 5.95. The van der Waals surface area contributed by atoms with Gasteiger partial charge < -0.3 is 5.32 Å². The van der Waals surface area contributed by atoms with Gasteiger partial charge in [-0.1, -0.05) is 6.07 Å². The molecule has 104 valence electrons. The van der Waals surface area contributed by atoms with Gasteiger partial charge in [0.2, 0.25) is 10.0 Å². The second kappa shape index (κ2) is 5.13. The number of anilines is 1. The van der Waals surface area contributed by atoms with Crippen molar-refractivity contribution in [1.82, 2.24) is 5.32 Å². The summed E-state index contributed by atoms with van der Waals surface area (Å²) in [6.45, 7) is 1.57. The molecule has 0 saturated carbocycles. The number of aryl methyl sites for hydroxylation is 2. The Balaban J connectivity index is 1.76. The van der Waals surface area contributed by atoms with E-state index in [-0.39, 0.29) is 5.25 Å². The third-order valence-electron chi connectivity index (χ3n) is 4.08. The number of sulfonamides is 1. The Kier molecular flexibility index (Phi) is 3.50. The SMILES string of the molecule is O=S(=O)(Nc1ccc2c(c1)CCC2)C1CCNCC1. The van der Waals surface area contributed by atoms with Crippen molar-refractivity contribution in [3.63, 3.8) is 0 Å². The molecule has 1 aliphatic heterocycles. The minimum Gasteiger partial charge on any atom is -0.317 e. The van der Waals surface area contributed by atoms with E-state index in [0.29, 0.717) is 12.8 Å². The first kappa shape index (κ1) is 12.9. The number of rotatable bonds is 3. The largest absolute Gasteiger partial charge is 0.317 e. The summed E-state index contributed by atoms with van der Waals surface area (Å²) in [5, 5.41) is 2.93. The summed E-state index contributed by atoms with van der Waals surface area (Å²) in [5.74, 6) is 0. The van der Waals surface area contributed by atoms with Crippen molar-refractivity contribution in [2.45, 2.75) is 37.4 Å². The molecule has 0 radical (unpaired) electrons. The smallest absolute Gasteiger partial charge is 0.235 e. The molecule has 3 rings (SSSR count). The average Bonchev–Trinajstić information content (AvgIpc) is 2.87. The fourth-order valence-electron chi connectivity index (χ4n) is 2.99. The van der Waals surface area contributed by atoms with Crippen molar-refractivity contribution >= 4 is 15.7 Å². The molecule has 1 aliphatic carbocycles. The highest BCUT2D eigenvalue weighted by Crippen LogP contribution is 2.26. The topological polar surface area (TPSA) is 58.2 Å². The minimum absolute atomic E-state index is 0.262. The first-order valence-electron chi connectivity index (χ1n) is 6.99. The molecule has 2 aliphatic rings. The lowest BCUT2D eigenvalue weighted by atomic mass is 10.1. The van der Waals surface area contributed by atoms with Gasteiger partial charge in [0.05, 0.1) is 5.25 Å². The van der Waals surface area contributed by atoms with Crippen LogP contribution in [0.5, 0.6) is 0 Å². The predicted molar refractivity (Wildman–Crippen MR) is 76.9 cm³/mol. The maximum Gasteiger partial charge on any atom is 0.235 e. The van der Waals surface area contributed by atoms with Crippen LogP contribution in [0.2, 0.25) is 0 Å². The summed E-state index contributed by atoms with van der Waals surface area (Å²) in [6.07, 6.45) is 4.76. The second-order valence-corrected chi connectivity index (χ2v) is 7.39. The highest BCUT2D eigenvalue weighted by atomic mass is 32.2. The third kappa shape index (κ3) is 2.77. The molecule has 1 aromatic rings. The Morgan fingerprint density at radius 3 is 2.63 bits per heavy atom. The first-order valence-corrected chi connectivity index (χ1v) is 8.54. The van der Waals surface area contributed by atoms with Crippen molar-refractivity contribution in [3.8, 4) is 0 Å². The molecule has 5 heteroatoms. The van der Waals surface area contributed by atoms with Gasteiger partial charge in [-0.2, -0.15) is 0 Å².